The van der Waals surface area contributed by atoms with E-state index in [2.05, 4.69) is 5.32 Å². The molecule has 0 saturated heterocycles. The van der Waals surface area contributed by atoms with Crippen LogP contribution in [0.15, 0.2) is 36.4 Å². The van der Waals surface area contributed by atoms with Crippen LogP contribution in [0.25, 0.3) is 0 Å². The van der Waals surface area contributed by atoms with Crippen LogP contribution in [-0.2, 0) is 21.0 Å². The van der Waals surface area contributed by atoms with E-state index in [1.54, 1.807) is 6.07 Å². The average molecular weight is 479 g/mol. The van der Waals surface area contributed by atoms with Crippen LogP contribution in [-0.4, -0.2) is 40.3 Å². The van der Waals surface area contributed by atoms with Gasteiger partial charge >= 0.3 is 6.18 Å². The zero-order valence-electron chi connectivity index (χ0n) is 17.1. The summed E-state index contributed by atoms with van der Waals surface area (Å²) in [5.74, 6) is -0.0358. The fraction of sp³-hybridized carbons (Fsp3) is 0.350. The monoisotopic (exact) mass is 478 g/mol. The normalized spacial score (nSPS) is 11.8. The molecule has 2 aromatic carbocycles. The number of nitrogens with one attached hydrogen (secondary N) is 1. The number of amides is 1. The lowest BCUT2D eigenvalue weighted by Gasteiger charge is -2.23. The third-order valence-corrected chi connectivity index (χ3v) is 5.94. The SMILES string of the molecule is Cc1cccc(OCCNC(=O)CN(c2ccc(Cl)c(C(F)(F)F)c2)S(C)(=O)=O)c1C. The van der Waals surface area contributed by atoms with E-state index in [9.17, 15) is 26.4 Å². The highest BCUT2D eigenvalue weighted by Gasteiger charge is 2.34. The predicted octanol–water partition coefficient (Wildman–Crippen LogP) is 3.94. The van der Waals surface area contributed by atoms with E-state index in [0.717, 1.165) is 29.5 Å². The molecule has 170 valence electrons. The quantitative estimate of drug-likeness (QED) is 0.583. The number of aryl methyl sites for hydroxylation is 1. The summed E-state index contributed by atoms with van der Waals surface area (Å²) >= 11 is 5.58. The fourth-order valence-electron chi connectivity index (χ4n) is 2.70. The van der Waals surface area contributed by atoms with Gasteiger partial charge in [-0.25, -0.2) is 8.42 Å². The van der Waals surface area contributed by atoms with Gasteiger partial charge in [-0.05, 0) is 49.2 Å². The van der Waals surface area contributed by atoms with Crippen LogP contribution in [0.2, 0.25) is 5.02 Å². The molecule has 1 N–H and O–H groups in total. The van der Waals surface area contributed by atoms with Crippen molar-refractivity contribution in [3.8, 4) is 5.75 Å². The molecule has 6 nitrogen and oxygen atoms in total. The van der Waals surface area contributed by atoms with E-state index in [1.165, 1.54) is 0 Å². The van der Waals surface area contributed by atoms with Crippen LogP contribution < -0.4 is 14.4 Å². The summed E-state index contributed by atoms with van der Waals surface area (Å²) in [6.07, 6.45) is -3.98. The van der Waals surface area contributed by atoms with Gasteiger partial charge in [0.15, 0.2) is 0 Å². The Bertz CT molecular complexity index is 1060. The van der Waals surface area contributed by atoms with E-state index in [4.69, 9.17) is 16.3 Å². The summed E-state index contributed by atoms with van der Waals surface area (Å²) in [5.41, 5.74) is 0.496. The maximum atomic E-state index is 13.1. The molecule has 0 aromatic heterocycles. The Hall–Kier alpha value is -2.46. The minimum absolute atomic E-state index is 0.0816. The number of hydrogen-bond donors (Lipinski definition) is 1. The zero-order valence-corrected chi connectivity index (χ0v) is 18.7. The van der Waals surface area contributed by atoms with Crippen molar-refractivity contribution in [2.24, 2.45) is 0 Å². The van der Waals surface area contributed by atoms with Crippen molar-refractivity contribution in [1.82, 2.24) is 5.32 Å². The molecule has 0 radical (unpaired) electrons. The number of carbonyl (C=O) groups excluding carboxylic acids is 1. The Morgan fingerprint density at radius 1 is 1.19 bits per heavy atom. The Morgan fingerprint density at radius 3 is 2.48 bits per heavy atom. The molecular formula is C20H22ClF3N2O4S. The second kappa shape index (κ2) is 9.78. The van der Waals surface area contributed by atoms with Crippen LogP contribution in [0.1, 0.15) is 16.7 Å². The molecule has 0 fully saturated rings. The molecule has 0 atom stereocenters. The predicted molar refractivity (Wildman–Crippen MR) is 113 cm³/mol. The first kappa shape index (κ1) is 24.8. The highest BCUT2D eigenvalue weighted by Crippen LogP contribution is 2.37. The van der Waals surface area contributed by atoms with Gasteiger partial charge in [0.05, 0.1) is 29.1 Å². The number of hydrogen-bond acceptors (Lipinski definition) is 4. The van der Waals surface area contributed by atoms with Crippen LogP contribution in [0.5, 0.6) is 5.75 Å². The molecular weight excluding hydrogens is 457 g/mol. The van der Waals surface area contributed by atoms with Crippen molar-refractivity contribution in [2.75, 3.05) is 30.3 Å². The molecule has 0 aliphatic heterocycles. The van der Waals surface area contributed by atoms with Gasteiger partial charge in [-0.2, -0.15) is 13.2 Å². The smallest absolute Gasteiger partial charge is 0.417 e. The summed E-state index contributed by atoms with van der Waals surface area (Å²) in [5, 5.41) is 1.93. The minimum atomic E-state index is -4.77. The first-order valence-corrected chi connectivity index (χ1v) is 11.3. The number of alkyl halides is 3. The van der Waals surface area contributed by atoms with Crippen LogP contribution >= 0.6 is 11.6 Å². The number of nitrogens with zero attached hydrogens (tertiary/aromatic N) is 1. The van der Waals surface area contributed by atoms with Gasteiger partial charge in [-0.1, -0.05) is 23.7 Å². The van der Waals surface area contributed by atoms with Gasteiger partial charge in [-0.3, -0.25) is 9.10 Å². The van der Waals surface area contributed by atoms with Gasteiger partial charge in [0.1, 0.15) is 18.9 Å². The molecule has 0 bridgehead atoms. The molecule has 0 heterocycles. The molecule has 11 heteroatoms. The number of benzene rings is 2. The number of halogens is 4. The third-order valence-electron chi connectivity index (χ3n) is 4.47. The number of rotatable bonds is 8. The largest absolute Gasteiger partial charge is 0.491 e. The number of carbonyl (C=O) groups is 1. The lowest BCUT2D eigenvalue weighted by atomic mass is 10.1. The number of anilines is 1. The molecule has 0 aliphatic carbocycles. The van der Waals surface area contributed by atoms with Crippen LogP contribution in [0.4, 0.5) is 18.9 Å². The summed E-state index contributed by atoms with van der Waals surface area (Å²) in [6, 6.07) is 8.20. The van der Waals surface area contributed by atoms with Crippen LogP contribution in [0, 0.1) is 13.8 Å². The standard InChI is InChI=1S/C20H22ClF3N2O4S/c1-13-5-4-6-18(14(13)2)30-10-9-25-19(27)12-26(31(3,28)29)15-7-8-17(21)16(11-15)20(22,23)24/h4-8,11H,9-10,12H2,1-3H3,(H,25,27). The molecule has 0 unspecified atom stereocenters. The second-order valence-corrected chi connectivity index (χ2v) is 9.14. The Balaban J connectivity index is 2.05. The van der Waals surface area contributed by atoms with E-state index < -0.39 is 39.2 Å². The molecule has 2 aromatic rings. The van der Waals surface area contributed by atoms with Crippen molar-refractivity contribution < 1.29 is 31.1 Å². The van der Waals surface area contributed by atoms with E-state index >= 15 is 0 Å². The van der Waals surface area contributed by atoms with Crippen molar-refractivity contribution in [2.45, 2.75) is 20.0 Å². The molecule has 0 saturated carbocycles. The third kappa shape index (κ3) is 6.76. The summed E-state index contributed by atoms with van der Waals surface area (Å²) in [4.78, 5) is 12.2. The molecule has 1 amide bonds. The van der Waals surface area contributed by atoms with E-state index in [-0.39, 0.29) is 18.8 Å². The van der Waals surface area contributed by atoms with Gasteiger partial charge in [0.25, 0.3) is 0 Å². The highest BCUT2D eigenvalue weighted by atomic mass is 35.5. The lowest BCUT2D eigenvalue weighted by molar-refractivity contribution is -0.137. The topological polar surface area (TPSA) is 75.7 Å². The van der Waals surface area contributed by atoms with E-state index in [0.29, 0.717) is 16.1 Å². The number of ether oxygens (including phenoxy) is 1. The molecule has 0 spiro atoms. The molecule has 2 rings (SSSR count). The van der Waals surface area contributed by atoms with Crippen LogP contribution in [0.3, 0.4) is 0 Å². The molecule has 0 aliphatic rings. The average Bonchev–Trinajstić information content (AvgIpc) is 2.65. The number of sulfonamides is 1. The maximum Gasteiger partial charge on any atom is 0.417 e. The van der Waals surface area contributed by atoms with Crippen molar-refractivity contribution in [1.29, 1.82) is 0 Å². The summed E-state index contributed by atoms with van der Waals surface area (Å²) in [7, 11) is -4.04. The second-order valence-electron chi connectivity index (χ2n) is 6.83. The maximum absolute atomic E-state index is 13.1. The first-order valence-electron chi connectivity index (χ1n) is 9.11. The summed E-state index contributed by atoms with van der Waals surface area (Å²) < 4.78 is 69.7. The van der Waals surface area contributed by atoms with Gasteiger partial charge < -0.3 is 10.1 Å². The van der Waals surface area contributed by atoms with Crippen molar-refractivity contribution >= 4 is 33.2 Å². The van der Waals surface area contributed by atoms with Gasteiger partial charge in [-0.15, -0.1) is 0 Å². The van der Waals surface area contributed by atoms with Crippen molar-refractivity contribution in [3.63, 3.8) is 0 Å². The molecule has 31 heavy (non-hydrogen) atoms. The van der Waals surface area contributed by atoms with Gasteiger partial charge in [0.2, 0.25) is 15.9 Å². The Kier molecular flexibility index (Phi) is 7.82. The van der Waals surface area contributed by atoms with Gasteiger partial charge in [0, 0.05) is 0 Å². The zero-order chi connectivity index (χ0) is 23.4. The summed E-state index contributed by atoms with van der Waals surface area (Å²) in [6.45, 7) is 3.35. The fourth-order valence-corrected chi connectivity index (χ4v) is 3.78. The highest BCUT2D eigenvalue weighted by molar-refractivity contribution is 7.92. The van der Waals surface area contributed by atoms with Crippen molar-refractivity contribution in [3.05, 3.63) is 58.1 Å². The Labute approximate surface area is 184 Å². The van der Waals surface area contributed by atoms with E-state index in [1.807, 2.05) is 26.0 Å². The Morgan fingerprint density at radius 2 is 1.87 bits per heavy atom. The minimum Gasteiger partial charge on any atom is -0.491 e. The first-order chi connectivity index (χ1) is 14.3. The lowest BCUT2D eigenvalue weighted by Crippen LogP contribution is -2.41.